The summed E-state index contributed by atoms with van der Waals surface area (Å²) in [5.74, 6) is 0. The number of hydrogen-bond acceptors (Lipinski definition) is 5. The Kier molecular flexibility index (Phi) is 4.43. The molecule has 0 bridgehead atoms. The third-order valence-corrected chi connectivity index (χ3v) is 3.10. The van der Waals surface area contributed by atoms with Crippen molar-refractivity contribution in [2.24, 2.45) is 0 Å². The molecule has 1 N–H and O–H groups in total. The molecule has 1 amide bonds. The summed E-state index contributed by atoms with van der Waals surface area (Å²) in [7, 11) is 0. The van der Waals surface area contributed by atoms with E-state index in [1.54, 1.807) is 17.3 Å². The summed E-state index contributed by atoms with van der Waals surface area (Å²) in [4.78, 5) is 17.4. The third-order valence-electron chi connectivity index (χ3n) is 3.10. The topological polar surface area (TPSA) is 78.2 Å². The number of carbonyl (C=O) groups excluding carboxylic acids is 1. The molecule has 0 spiro atoms. The van der Waals surface area contributed by atoms with Crippen LogP contribution in [0.25, 0.3) is 0 Å². The SMILES string of the molecule is CC(C)(C)OC(=O)N1CC(N[C@@H](C#N)c2ccncc2)C1. The Morgan fingerprint density at radius 1 is 1.48 bits per heavy atom. The predicted octanol–water partition coefficient (Wildman–Crippen LogP) is 1.86. The van der Waals surface area contributed by atoms with Crippen molar-refractivity contribution < 1.29 is 9.53 Å². The van der Waals surface area contributed by atoms with E-state index >= 15 is 0 Å². The zero-order chi connectivity index (χ0) is 15.5. The van der Waals surface area contributed by atoms with E-state index < -0.39 is 11.6 Å². The first-order valence-electron chi connectivity index (χ1n) is 6.92. The number of likely N-dealkylation sites (tertiary alicyclic amines) is 1. The lowest BCUT2D eigenvalue weighted by Gasteiger charge is -2.40. The average molecular weight is 288 g/mol. The molecular weight excluding hydrogens is 268 g/mol. The standard InChI is InChI=1S/C15H20N4O2/c1-15(2,3)21-14(20)19-9-12(10-19)18-13(8-16)11-4-6-17-7-5-11/h4-7,12-13,18H,9-10H2,1-3H3/t13-/m0/s1. The largest absolute Gasteiger partial charge is 0.444 e. The summed E-state index contributed by atoms with van der Waals surface area (Å²) in [6.07, 6.45) is 3.02. The van der Waals surface area contributed by atoms with Gasteiger partial charge in [0, 0.05) is 31.5 Å². The van der Waals surface area contributed by atoms with Crippen LogP contribution in [0.4, 0.5) is 4.79 Å². The van der Waals surface area contributed by atoms with Crippen LogP contribution in [0.5, 0.6) is 0 Å². The van der Waals surface area contributed by atoms with Crippen LogP contribution in [0.15, 0.2) is 24.5 Å². The lowest BCUT2D eigenvalue weighted by atomic mass is 10.1. The van der Waals surface area contributed by atoms with Gasteiger partial charge in [0.1, 0.15) is 11.6 Å². The van der Waals surface area contributed by atoms with Crippen LogP contribution in [0.3, 0.4) is 0 Å². The molecule has 21 heavy (non-hydrogen) atoms. The van der Waals surface area contributed by atoms with Gasteiger partial charge in [0.15, 0.2) is 0 Å². The van der Waals surface area contributed by atoms with E-state index in [1.165, 1.54) is 0 Å². The summed E-state index contributed by atoms with van der Waals surface area (Å²) in [6.45, 7) is 6.64. The van der Waals surface area contributed by atoms with Crippen LogP contribution < -0.4 is 5.32 Å². The number of amides is 1. The quantitative estimate of drug-likeness (QED) is 0.918. The highest BCUT2D eigenvalue weighted by atomic mass is 16.6. The second kappa shape index (κ2) is 6.10. The molecule has 6 heteroatoms. The monoisotopic (exact) mass is 288 g/mol. The van der Waals surface area contributed by atoms with Gasteiger partial charge in [-0.3, -0.25) is 10.3 Å². The summed E-state index contributed by atoms with van der Waals surface area (Å²) < 4.78 is 5.29. The van der Waals surface area contributed by atoms with E-state index in [9.17, 15) is 10.1 Å². The van der Waals surface area contributed by atoms with Crippen molar-refractivity contribution in [3.8, 4) is 6.07 Å². The van der Waals surface area contributed by atoms with Crippen molar-refractivity contribution in [1.82, 2.24) is 15.2 Å². The van der Waals surface area contributed by atoms with Crippen molar-refractivity contribution in [3.05, 3.63) is 30.1 Å². The maximum atomic E-state index is 11.8. The van der Waals surface area contributed by atoms with Crippen molar-refractivity contribution in [2.75, 3.05) is 13.1 Å². The molecule has 0 saturated carbocycles. The maximum absolute atomic E-state index is 11.8. The number of pyridine rings is 1. The van der Waals surface area contributed by atoms with E-state index in [2.05, 4.69) is 16.4 Å². The lowest BCUT2D eigenvalue weighted by Crippen LogP contribution is -2.60. The molecule has 0 radical (unpaired) electrons. The Morgan fingerprint density at radius 3 is 2.62 bits per heavy atom. The third kappa shape index (κ3) is 4.17. The Labute approximate surface area is 124 Å². The zero-order valence-electron chi connectivity index (χ0n) is 12.5. The van der Waals surface area contributed by atoms with Gasteiger partial charge in [-0.15, -0.1) is 0 Å². The summed E-state index contributed by atoms with van der Waals surface area (Å²) >= 11 is 0. The molecule has 112 valence electrons. The van der Waals surface area contributed by atoms with Gasteiger partial charge in [-0.1, -0.05) is 0 Å². The number of nitriles is 1. The Morgan fingerprint density at radius 2 is 2.10 bits per heavy atom. The van der Waals surface area contributed by atoms with Gasteiger partial charge in [0.05, 0.1) is 6.07 Å². The number of hydrogen-bond donors (Lipinski definition) is 1. The maximum Gasteiger partial charge on any atom is 0.410 e. The molecule has 6 nitrogen and oxygen atoms in total. The van der Waals surface area contributed by atoms with Crippen molar-refractivity contribution >= 4 is 6.09 Å². The van der Waals surface area contributed by atoms with Gasteiger partial charge < -0.3 is 9.64 Å². The minimum absolute atomic E-state index is 0.107. The van der Waals surface area contributed by atoms with Crippen LogP contribution in [0, 0.1) is 11.3 Å². The molecule has 2 heterocycles. The second-order valence-electron chi connectivity index (χ2n) is 6.09. The number of aromatic nitrogens is 1. The van der Waals surface area contributed by atoms with Crippen LogP contribution in [0.1, 0.15) is 32.4 Å². The Balaban J connectivity index is 1.82. The number of nitrogens with one attached hydrogen (secondary N) is 1. The molecule has 1 atom stereocenters. The highest BCUT2D eigenvalue weighted by Gasteiger charge is 2.34. The van der Waals surface area contributed by atoms with E-state index in [4.69, 9.17) is 4.74 Å². The summed E-state index contributed by atoms with van der Waals surface area (Å²) in [5, 5.41) is 12.5. The number of nitrogens with zero attached hydrogens (tertiary/aromatic N) is 3. The van der Waals surface area contributed by atoms with E-state index in [0.29, 0.717) is 13.1 Å². The molecule has 0 aromatic carbocycles. The van der Waals surface area contributed by atoms with Crippen LogP contribution in [0.2, 0.25) is 0 Å². The molecule has 1 aromatic heterocycles. The van der Waals surface area contributed by atoms with Crippen molar-refractivity contribution in [2.45, 2.75) is 38.5 Å². The van der Waals surface area contributed by atoms with Gasteiger partial charge in [0.25, 0.3) is 0 Å². The molecule has 1 aliphatic heterocycles. The van der Waals surface area contributed by atoms with Crippen molar-refractivity contribution in [1.29, 1.82) is 5.26 Å². The molecular formula is C15H20N4O2. The Hall–Kier alpha value is -2.13. The number of rotatable bonds is 3. The fourth-order valence-electron chi connectivity index (χ4n) is 2.06. The molecule has 1 fully saturated rings. The molecule has 1 saturated heterocycles. The Bertz CT molecular complexity index is 527. The predicted molar refractivity (Wildman–Crippen MR) is 77.3 cm³/mol. The van der Waals surface area contributed by atoms with E-state index in [1.807, 2.05) is 32.9 Å². The van der Waals surface area contributed by atoms with E-state index in [-0.39, 0.29) is 12.1 Å². The molecule has 1 aliphatic rings. The van der Waals surface area contributed by atoms with Crippen molar-refractivity contribution in [3.63, 3.8) is 0 Å². The lowest BCUT2D eigenvalue weighted by molar-refractivity contribution is 0.00475. The fourth-order valence-corrected chi connectivity index (χ4v) is 2.06. The molecule has 1 aromatic rings. The average Bonchev–Trinajstić information content (AvgIpc) is 2.36. The smallest absolute Gasteiger partial charge is 0.410 e. The molecule has 2 rings (SSSR count). The second-order valence-corrected chi connectivity index (χ2v) is 6.09. The first kappa shape index (κ1) is 15.3. The summed E-state index contributed by atoms with van der Waals surface area (Å²) in [5.41, 5.74) is 0.394. The number of carbonyl (C=O) groups is 1. The fraction of sp³-hybridized carbons (Fsp3) is 0.533. The van der Waals surface area contributed by atoms with Gasteiger partial charge >= 0.3 is 6.09 Å². The molecule has 0 aliphatic carbocycles. The van der Waals surface area contributed by atoms with Gasteiger partial charge in [-0.05, 0) is 38.5 Å². The molecule has 0 unspecified atom stereocenters. The first-order valence-corrected chi connectivity index (χ1v) is 6.92. The van der Waals surface area contributed by atoms with Gasteiger partial charge in [-0.25, -0.2) is 4.79 Å². The van der Waals surface area contributed by atoms with Gasteiger partial charge in [0.2, 0.25) is 0 Å². The van der Waals surface area contributed by atoms with Crippen LogP contribution >= 0.6 is 0 Å². The normalized spacial score (nSPS) is 16.8. The zero-order valence-corrected chi connectivity index (χ0v) is 12.5. The van der Waals surface area contributed by atoms with Crippen LogP contribution in [-0.4, -0.2) is 40.7 Å². The van der Waals surface area contributed by atoms with E-state index in [0.717, 1.165) is 5.56 Å². The highest BCUT2D eigenvalue weighted by Crippen LogP contribution is 2.18. The first-order chi connectivity index (χ1) is 9.89. The van der Waals surface area contributed by atoms with Gasteiger partial charge in [-0.2, -0.15) is 5.26 Å². The summed E-state index contributed by atoms with van der Waals surface area (Å²) in [6, 6.07) is 5.56. The minimum Gasteiger partial charge on any atom is -0.444 e. The van der Waals surface area contributed by atoms with Crippen LogP contribution in [-0.2, 0) is 4.74 Å². The number of ether oxygens (including phenoxy) is 1. The highest BCUT2D eigenvalue weighted by molar-refractivity contribution is 5.69. The minimum atomic E-state index is -0.484.